The standard InChI is InChI=1S/C16H20O8/c1-3-4-8-5-6-9(10(7-8)22-2)23-16-13(19)11(17)12(18)14(24-16)15(20)21/h3-7,11-14,16-19H,1-2H3,(H,20,21)/b4-3-/t11-,12+,13+,14-,16-/m1/s1. The van der Waals surface area contributed by atoms with Crippen molar-refractivity contribution in [3.8, 4) is 11.5 Å². The van der Waals surface area contributed by atoms with Crippen LogP contribution in [0.25, 0.3) is 6.08 Å². The molecule has 0 aromatic heterocycles. The van der Waals surface area contributed by atoms with Crippen molar-refractivity contribution in [2.75, 3.05) is 7.11 Å². The van der Waals surface area contributed by atoms with Crippen molar-refractivity contribution < 1.29 is 39.4 Å². The highest BCUT2D eigenvalue weighted by atomic mass is 16.7. The summed E-state index contributed by atoms with van der Waals surface area (Å²) >= 11 is 0. The van der Waals surface area contributed by atoms with Gasteiger partial charge in [-0.2, -0.15) is 0 Å². The topological polar surface area (TPSA) is 126 Å². The second kappa shape index (κ2) is 7.63. The van der Waals surface area contributed by atoms with Gasteiger partial charge in [0, 0.05) is 0 Å². The number of methoxy groups -OCH3 is 1. The molecule has 1 heterocycles. The van der Waals surface area contributed by atoms with E-state index in [4.69, 9.17) is 19.3 Å². The van der Waals surface area contributed by atoms with Gasteiger partial charge in [-0.15, -0.1) is 0 Å². The van der Waals surface area contributed by atoms with Gasteiger partial charge in [0.05, 0.1) is 7.11 Å². The van der Waals surface area contributed by atoms with Crippen molar-refractivity contribution in [2.45, 2.75) is 37.6 Å². The summed E-state index contributed by atoms with van der Waals surface area (Å²) < 4.78 is 15.7. The smallest absolute Gasteiger partial charge is 0.335 e. The van der Waals surface area contributed by atoms with Gasteiger partial charge in [0.2, 0.25) is 6.29 Å². The number of aliphatic hydroxyl groups excluding tert-OH is 3. The van der Waals surface area contributed by atoms with Gasteiger partial charge < -0.3 is 34.6 Å². The molecule has 132 valence electrons. The van der Waals surface area contributed by atoms with Crippen LogP contribution in [0.1, 0.15) is 12.5 Å². The zero-order valence-electron chi connectivity index (χ0n) is 13.2. The fourth-order valence-electron chi connectivity index (χ4n) is 2.35. The Labute approximate surface area is 138 Å². The normalized spacial score (nSPS) is 30.3. The van der Waals surface area contributed by atoms with Gasteiger partial charge in [-0.3, -0.25) is 0 Å². The number of hydrogen-bond donors (Lipinski definition) is 4. The summed E-state index contributed by atoms with van der Waals surface area (Å²) in [6, 6.07) is 4.98. The van der Waals surface area contributed by atoms with Gasteiger partial charge >= 0.3 is 5.97 Å². The fourth-order valence-corrected chi connectivity index (χ4v) is 2.35. The van der Waals surface area contributed by atoms with Crippen LogP contribution in [0.2, 0.25) is 0 Å². The van der Waals surface area contributed by atoms with Crippen molar-refractivity contribution in [1.29, 1.82) is 0 Å². The fraction of sp³-hybridized carbons (Fsp3) is 0.438. The molecule has 1 aromatic carbocycles. The van der Waals surface area contributed by atoms with E-state index in [1.165, 1.54) is 7.11 Å². The number of benzene rings is 1. The largest absolute Gasteiger partial charge is 0.493 e. The summed E-state index contributed by atoms with van der Waals surface area (Å²) in [4.78, 5) is 11.1. The molecule has 1 aliphatic heterocycles. The number of aliphatic carboxylic acids is 1. The Morgan fingerprint density at radius 2 is 1.88 bits per heavy atom. The summed E-state index contributed by atoms with van der Waals surface area (Å²) in [6.07, 6.45) is -4.63. The lowest BCUT2D eigenvalue weighted by Gasteiger charge is -2.38. The lowest BCUT2D eigenvalue weighted by molar-refractivity contribution is -0.271. The number of aliphatic hydroxyl groups is 3. The number of ether oxygens (including phenoxy) is 3. The third-order valence-corrected chi connectivity index (χ3v) is 3.60. The van der Waals surface area contributed by atoms with Crippen LogP contribution in [0, 0.1) is 0 Å². The highest BCUT2D eigenvalue weighted by Crippen LogP contribution is 2.32. The molecule has 2 rings (SSSR count). The molecule has 24 heavy (non-hydrogen) atoms. The van der Waals surface area contributed by atoms with E-state index in [9.17, 15) is 20.1 Å². The Kier molecular flexibility index (Phi) is 5.79. The molecular formula is C16H20O8. The first-order valence-corrected chi connectivity index (χ1v) is 7.29. The van der Waals surface area contributed by atoms with E-state index in [-0.39, 0.29) is 5.75 Å². The van der Waals surface area contributed by atoms with Crippen LogP contribution in [0.3, 0.4) is 0 Å². The number of hydrogen-bond acceptors (Lipinski definition) is 7. The van der Waals surface area contributed by atoms with Gasteiger partial charge in [-0.05, 0) is 24.6 Å². The number of rotatable bonds is 5. The molecule has 0 spiro atoms. The molecule has 1 aliphatic rings. The van der Waals surface area contributed by atoms with Crippen molar-refractivity contribution in [2.24, 2.45) is 0 Å². The minimum Gasteiger partial charge on any atom is -0.493 e. The minimum atomic E-state index is -1.77. The van der Waals surface area contributed by atoms with Crippen LogP contribution in [-0.2, 0) is 9.53 Å². The van der Waals surface area contributed by atoms with E-state index in [0.717, 1.165) is 5.56 Å². The predicted octanol–water partition coefficient (Wildman–Crippen LogP) is -0.000700. The SMILES string of the molecule is C/C=C\c1ccc(O[C@@H]2O[C@@H](C(=O)O)[C@@H](O)[C@@H](O)[C@@H]2O)c(OC)c1. The molecule has 0 aliphatic carbocycles. The van der Waals surface area contributed by atoms with Crippen LogP contribution in [0.15, 0.2) is 24.3 Å². The number of carboxylic acids is 1. The number of carbonyl (C=O) groups is 1. The first-order valence-electron chi connectivity index (χ1n) is 7.29. The second-order valence-electron chi connectivity index (χ2n) is 5.26. The Balaban J connectivity index is 2.24. The Bertz CT molecular complexity index is 614. The van der Waals surface area contributed by atoms with Gasteiger partial charge in [-0.1, -0.05) is 18.2 Å². The van der Waals surface area contributed by atoms with E-state index in [1.807, 2.05) is 19.1 Å². The second-order valence-corrected chi connectivity index (χ2v) is 5.26. The molecule has 0 saturated carbocycles. The van der Waals surface area contributed by atoms with Gasteiger partial charge in [0.1, 0.15) is 18.3 Å². The average Bonchev–Trinajstić information content (AvgIpc) is 2.56. The predicted molar refractivity (Wildman–Crippen MR) is 82.6 cm³/mol. The van der Waals surface area contributed by atoms with Gasteiger partial charge in [0.25, 0.3) is 0 Å². The van der Waals surface area contributed by atoms with Crippen LogP contribution in [0.4, 0.5) is 0 Å². The number of carboxylic acid groups (broad SMARTS) is 1. The maximum absolute atomic E-state index is 11.1. The van der Waals surface area contributed by atoms with Crippen molar-refractivity contribution >= 4 is 12.0 Å². The Morgan fingerprint density at radius 1 is 1.17 bits per heavy atom. The summed E-state index contributed by atoms with van der Waals surface area (Å²) in [6.45, 7) is 1.86. The molecule has 0 bridgehead atoms. The van der Waals surface area contributed by atoms with E-state index in [2.05, 4.69) is 0 Å². The van der Waals surface area contributed by atoms with Crippen molar-refractivity contribution in [1.82, 2.24) is 0 Å². The highest BCUT2D eigenvalue weighted by molar-refractivity contribution is 5.73. The summed E-state index contributed by atoms with van der Waals surface area (Å²) in [5.41, 5.74) is 0.852. The monoisotopic (exact) mass is 340 g/mol. The van der Waals surface area contributed by atoms with Crippen molar-refractivity contribution in [3.63, 3.8) is 0 Å². The van der Waals surface area contributed by atoms with E-state index >= 15 is 0 Å². The lowest BCUT2D eigenvalue weighted by atomic mass is 9.99. The third kappa shape index (κ3) is 3.68. The highest BCUT2D eigenvalue weighted by Gasteiger charge is 2.48. The van der Waals surface area contributed by atoms with Crippen LogP contribution >= 0.6 is 0 Å². The third-order valence-electron chi connectivity index (χ3n) is 3.60. The van der Waals surface area contributed by atoms with Crippen LogP contribution < -0.4 is 9.47 Å². The molecular weight excluding hydrogens is 320 g/mol. The van der Waals surface area contributed by atoms with Gasteiger partial charge in [0.15, 0.2) is 17.6 Å². The zero-order valence-corrected chi connectivity index (χ0v) is 13.2. The van der Waals surface area contributed by atoms with Crippen LogP contribution in [-0.4, -0.2) is 64.2 Å². The Hall–Kier alpha value is -2.13. The molecule has 0 amide bonds. The molecule has 0 unspecified atom stereocenters. The van der Waals surface area contributed by atoms with E-state index in [1.54, 1.807) is 18.2 Å². The molecule has 0 radical (unpaired) electrons. The maximum Gasteiger partial charge on any atom is 0.335 e. The van der Waals surface area contributed by atoms with E-state index < -0.39 is 36.7 Å². The summed E-state index contributed by atoms with van der Waals surface area (Å²) in [5.74, 6) is -0.936. The van der Waals surface area contributed by atoms with E-state index in [0.29, 0.717) is 5.75 Å². The molecule has 5 atom stereocenters. The Morgan fingerprint density at radius 3 is 2.46 bits per heavy atom. The minimum absolute atomic E-state index is 0.197. The van der Waals surface area contributed by atoms with Crippen LogP contribution in [0.5, 0.6) is 11.5 Å². The van der Waals surface area contributed by atoms with Gasteiger partial charge in [-0.25, -0.2) is 4.79 Å². The molecule has 4 N–H and O–H groups in total. The molecule has 1 saturated heterocycles. The van der Waals surface area contributed by atoms with Crippen molar-refractivity contribution in [3.05, 3.63) is 29.8 Å². The molecule has 8 nitrogen and oxygen atoms in total. The first kappa shape index (κ1) is 18.2. The molecule has 8 heteroatoms. The summed E-state index contributed by atoms with van der Waals surface area (Å²) in [5, 5.41) is 38.4. The quantitative estimate of drug-likeness (QED) is 0.590. The first-order chi connectivity index (χ1) is 11.4. The molecule has 1 aromatic rings. The molecule has 1 fully saturated rings. The summed E-state index contributed by atoms with van der Waals surface area (Å²) in [7, 11) is 1.43. The average molecular weight is 340 g/mol. The maximum atomic E-state index is 11.1. The number of allylic oxidation sites excluding steroid dienone is 1. The lowest BCUT2D eigenvalue weighted by Crippen LogP contribution is -2.61. The zero-order chi connectivity index (χ0) is 17.9.